The lowest BCUT2D eigenvalue weighted by molar-refractivity contribution is -0.151. The second-order valence-corrected chi connectivity index (χ2v) is 7.15. The van der Waals surface area contributed by atoms with Gasteiger partial charge in [-0.15, -0.1) is 0 Å². The quantitative estimate of drug-likeness (QED) is 0.812. The second kappa shape index (κ2) is 8.54. The predicted molar refractivity (Wildman–Crippen MR) is 96.7 cm³/mol. The van der Waals surface area contributed by atoms with Crippen LogP contribution in [0, 0.1) is 11.3 Å². The van der Waals surface area contributed by atoms with Gasteiger partial charge in [0.25, 0.3) is 5.91 Å². The summed E-state index contributed by atoms with van der Waals surface area (Å²) in [7, 11) is 0. The van der Waals surface area contributed by atoms with Crippen molar-refractivity contribution in [2.45, 2.75) is 45.3 Å². The molecule has 0 bridgehead atoms. The number of likely N-dealkylation sites (tertiary alicyclic amines) is 1. The first-order valence-electron chi connectivity index (χ1n) is 8.66. The molecule has 1 aromatic carbocycles. The Morgan fingerprint density at radius 1 is 1.30 bits per heavy atom. The number of nitriles is 1. The molecular formula is C19H23N3O5. The first-order chi connectivity index (χ1) is 12.7. The lowest BCUT2D eigenvalue weighted by atomic mass is 10.2. The summed E-state index contributed by atoms with van der Waals surface area (Å²) in [5.74, 6) is -1.21. The Labute approximate surface area is 158 Å². The van der Waals surface area contributed by atoms with Crippen LogP contribution >= 0.6 is 0 Å². The van der Waals surface area contributed by atoms with Gasteiger partial charge in [0.05, 0.1) is 11.3 Å². The van der Waals surface area contributed by atoms with E-state index in [0.717, 1.165) is 0 Å². The van der Waals surface area contributed by atoms with Crippen molar-refractivity contribution in [1.82, 2.24) is 4.90 Å². The van der Waals surface area contributed by atoms with Crippen molar-refractivity contribution in [2.75, 3.05) is 18.5 Å². The number of rotatable bonds is 4. The number of carbonyl (C=O) groups is 3. The number of carbonyl (C=O) groups excluding carboxylic acids is 3. The molecule has 1 aromatic rings. The smallest absolute Gasteiger partial charge is 0.411 e. The summed E-state index contributed by atoms with van der Waals surface area (Å²) in [4.78, 5) is 37.8. The van der Waals surface area contributed by atoms with Gasteiger partial charge in [-0.1, -0.05) is 12.1 Å². The number of nitrogens with zero attached hydrogens (tertiary/aromatic N) is 2. The molecule has 8 heteroatoms. The van der Waals surface area contributed by atoms with Gasteiger partial charge in [0.2, 0.25) is 0 Å². The van der Waals surface area contributed by atoms with Gasteiger partial charge in [0.15, 0.2) is 6.61 Å². The largest absolute Gasteiger partial charge is 0.454 e. The normalized spacial score (nSPS) is 16.4. The maximum absolute atomic E-state index is 12.3. The fraction of sp³-hybridized carbons (Fsp3) is 0.474. The van der Waals surface area contributed by atoms with Crippen LogP contribution in [-0.4, -0.2) is 47.7 Å². The molecule has 1 fully saturated rings. The number of ether oxygens (including phenoxy) is 2. The second-order valence-electron chi connectivity index (χ2n) is 7.15. The molecule has 0 radical (unpaired) electrons. The molecule has 0 aliphatic carbocycles. The van der Waals surface area contributed by atoms with Crippen molar-refractivity contribution in [3.05, 3.63) is 29.8 Å². The fourth-order valence-electron chi connectivity index (χ4n) is 2.66. The number of esters is 1. The van der Waals surface area contributed by atoms with Gasteiger partial charge in [0.1, 0.15) is 17.7 Å². The van der Waals surface area contributed by atoms with Gasteiger partial charge in [-0.05, 0) is 45.7 Å². The lowest BCUT2D eigenvalue weighted by Crippen LogP contribution is -2.44. The zero-order valence-corrected chi connectivity index (χ0v) is 15.7. The highest BCUT2D eigenvalue weighted by molar-refractivity contribution is 5.94. The van der Waals surface area contributed by atoms with Gasteiger partial charge in [-0.25, -0.2) is 9.59 Å². The Hall–Kier alpha value is -3.08. The van der Waals surface area contributed by atoms with Gasteiger partial charge < -0.3 is 14.8 Å². The van der Waals surface area contributed by atoms with E-state index in [4.69, 9.17) is 14.7 Å². The third-order valence-corrected chi connectivity index (χ3v) is 3.82. The molecule has 0 unspecified atom stereocenters. The fourth-order valence-corrected chi connectivity index (χ4v) is 2.66. The number of benzene rings is 1. The van der Waals surface area contributed by atoms with Crippen molar-refractivity contribution in [3.8, 4) is 6.07 Å². The Kier molecular flexibility index (Phi) is 6.40. The summed E-state index contributed by atoms with van der Waals surface area (Å²) >= 11 is 0. The Balaban J connectivity index is 1.90. The lowest BCUT2D eigenvalue weighted by Gasteiger charge is -2.27. The minimum absolute atomic E-state index is 0.309. The molecule has 2 rings (SSSR count). The molecule has 0 spiro atoms. The van der Waals surface area contributed by atoms with E-state index in [1.807, 2.05) is 6.07 Å². The summed E-state index contributed by atoms with van der Waals surface area (Å²) in [5, 5.41) is 11.5. The highest BCUT2D eigenvalue weighted by Gasteiger charge is 2.37. The number of hydrogen-bond donors (Lipinski definition) is 1. The van der Waals surface area contributed by atoms with E-state index in [2.05, 4.69) is 5.32 Å². The summed E-state index contributed by atoms with van der Waals surface area (Å²) in [6.07, 6.45) is 0.534. The van der Waals surface area contributed by atoms with Crippen LogP contribution in [0.2, 0.25) is 0 Å². The first kappa shape index (κ1) is 20.2. The van der Waals surface area contributed by atoms with E-state index in [1.165, 1.54) is 4.90 Å². The van der Waals surface area contributed by atoms with E-state index < -0.39 is 36.2 Å². The summed E-state index contributed by atoms with van der Waals surface area (Å²) in [6.45, 7) is 5.14. The predicted octanol–water partition coefficient (Wildman–Crippen LogP) is 2.44. The average Bonchev–Trinajstić information content (AvgIpc) is 3.08. The SMILES string of the molecule is CC(C)(C)OC(=O)N1CCC[C@H]1C(=O)OCC(=O)Nc1ccccc1C#N. The minimum Gasteiger partial charge on any atom is -0.454 e. The monoisotopic (exact) mass is 373 g/mol. The highest BCUT2D eigenvalue weighted by atomic mass is 16.6. The standard InChI is InChI=1S/C19H23N3O5/c1-19(2,3)27-18(25)22-10-6-9-15(22)17(24)26-12-16(23)21-14-8-5-4-7-13(14)11-20/h4-5,7-8,15H,6,9-10,12H2,1-3H3,(H,21,23)/t15-/m0/s1. The van der Waals surface area contributed by atoms with Crippen molar-refractivity contribution >= 4 is 23.7 Å². The topological polar surface area (TPSA) is 109 Å². The zero-order valence-electron chi connectivity index (χ0n) is 15.7. The Bertz CT molecular complexity index is 763. The Morgan fingerprint density at radius 3 is 2.67 bits per heavy atom. The van der Waals surface area contributed by atoms with Crippen LogP contribution in [0.1, 0.15) is 39.2 Å². The zero-order chi connectivity index (χ0) is 20.0. The van der Waals surface area contributed by atoms with Crippen LogP contribution in [0.3, 0.4) is 0 Å². The molecule has 0 aromatic heterocycles. The molecule has 1 aliphatic heterocycles. The van der Waals surface area contributed by atoms with E-state index in [1.54, 1.807) is 45.0 Å². The van der Waals surface area contributed by atoms with Crippen LogP contribution in [0.5, 0.6) is 0 Å². The molecule has 2 amide bonds. The number of para-hydroxylation sites is 1. The number of amides is 2. The van der Waals surface area contributed by atoms with Crippen LogP contribution < -0.4 is 5.32 Å². The molecule has 8 nitrogen and oxygen atoms in total. The molecule has 0 saturated carbocycles. The van der Waals surface area contributed by atoms with Crippen molar-refractivity contribution in [2.24, 2.45) is 0 Å². The van der Waals surface area contributed by atoms with E-state index in [0.29, 0.717) is 30.6 Å². The minimum atomic E-state index is -0.765. The van der Waals surface area contributed by atoms with Gasteiger partial charge in [0, 0.05) is 6.54 Å². The molecule has 1 N–H and O–H groups in total. The van der Waals surface area contributed by atoms with Crippen LogP contribution in [0.15, 0.2) is 24.3 Å². The van der Waals surface area contributed by atoms with Crippen LogP contribution in [-0.2, 0) is 19.1 Å². The summed E-state index contributed by atoms with van der Waals surface area (Å²) in [5.41, 5.74) is -0.0105. The molecule has 144 valence electrons. The van der Waals surface area contributed by atoms with E-state index in [9.17, 15) is 14.4 Å². The third-order valence-electron chi connectivity index (χ3n) is 3.82. The van der Waals surface area contributed by atoms with Gasteiger partial charge in [-0.3, -0.25) is 9.69 Å². The van der Waals surface area contributed by atoms with E-state index in [-0.39, 0.29) is 0 Å². The number of nitrogens with one attached hydrogen (secondary N) is 1. The molecule has 1 heterocycles. The van der Waals surface area contributed by atoms with Crippen molar-refractivity contribution in [3.63, 3.8) is 0 Å². The average molecular weight is 373 g/mol. The highest BCUT2D eigenvalue weighted by Crippen LogP contribution is 2.22. The van der Waals surface area contributed by atoms with E-state index >= 15 is 0 Å². The van der Waals surface area contributed by atoms with Crippen LogP contribution in [0.25, 0.3) is 0 Å². The first-order valence-corrected chi connectivity index (χ1v) is 8.66. The number of anilines is 1. The maximum Gasteiger partial charge on any atom is 0.411 e. The van der Waals surface area contributed by atoms with Crippen LogP contribution in [0.4, 0.5) is 10.5 Å². The number of hydrogen-bond acceptors (Lipinski definition) is 6. The molecular weight excluding hydrogens is 350 g/mol. The molecule has 1 atom stereocenters. The molecule has 27 heavy (non-hydrogen) atoms. The van der Waals surface area contributed by atoms with Crippen molar-refractivity contribution in [1.29, 1.82) is 5.26 Å². The van der Waals surface area contributed by atoms with Gasteiger partial charge >= 0.3 is 12.1 Å². The maximum atomic E-state index is 12.3. The van der Waals surface area contributed by atoms with Gasteiger partial charge in [-0.2, -0.15) is 5.26 Å². The summed E-state index contributed by atoms with van der Waals surface area (Å²) in [6, 6.07) is 7.71. The third kappa shape index (κ3) is 5.71. The Morgan fingerprint density at radius 2 is 2.00 bits per heavy atom. The molecule has 1 saturated heterocycles. The summed E-state index contributed by atoms with van der Waals surface area (Å²) < 4.78 is 10.4. The van der Waals surface area contributed by atoms with Crippen molar-refractivity contribution < 1.29 is 23.9 Å². The molecule has 1 aliphatic rings.